The highest BCUT2D eigenvalue weighted by atomic mass is 16.6. The van der Waals surface area contributed by atoms with Crippen molar-refractivity contribution in [3.63, 3.8) is 0 Å². The van der Waals surface area contributed by atoms with Gasteiger partial charge < -0.3 is 14.6 Å². The summed E-state index contributed by atoms with van der Waals surface area (Å²) < 4.78 is 12.3. The molecule has 3 aliphatic rings. The number of allylic oxidation sites excluding steroid dienone is 2. The third-order valence-corrected chi connectivity index (χ3v) is 6.20. The number of aliphatic hydroxyl groups is 1. The molecule has 0 amide bonds. The van der Waals surface area contributed by atoms with Crippen LogP contribution in [0.4, 0.5) is 0 Å². The smallest absolute Gasteiger partial charge is 0.303 e. The van der Waals surface area contributed by atoms with Gasteiger partial charge in [-0.2, -0.15) is 0 Å². The van der Waals surface area contributed by atoms with E-state index in [4.69, 9.17) is 9.47 Å². The highest BCUT2D eigenvalue weighted by Crippen LogP contribution is 2.45. The van der Waals surface area contributed by atoms with Crippen LogP contribution >= 0.6 is 0 Å². The summed E-state index contributed by atoms with van der Waals surface area (Å²) >= 11 is 0. The van der Waals surface area contributed by atoms with Gasteiger partial charge in [0.05, 0.1) is 11.7 Å². The fourth-order valence-electron chi connectivity index (χ4n) is 4.39. The molecular weight excluding hydrogens is 328 g/mol. The molecule has 2 aliphatic heterocycles. The predicted molar refractivity (Wildman–Crippen MR) is 104 cm³/mol. The summed E-state index contributed by atoms with van der Waals surface area (Å²) in [5.41, 5.74) is 1.34. The zero-order valence-corrected chi connectivity index (χ0v) is 17.1. The van der Waals surface area contributed by atoms with Crippen LogP contribution in [0.25, 0.3) is 0 Å². The number of fused-ring (bicyclic) bond motifs is 10. The molecule has 2 heterocycles. The molecule has 1 N–H and O–H groups in total. The van der Waals surface area contributed by atoms with E-state index in [1.807, 2.05) is 6.92 Å². The number of carbonyl (C=O) groups is 1. The Balaban J connectivity index is 2.32. The van der Waals surface area contributed by atoms with Crippen molar-refractivity contribution in [1.29, 1.82) is 0 Å². The Morgan fingerprint density at radius 2 is 2.00 bits per heavy atom. The number of aliphatic hydroxyl groups excluding tert-OH is 1. The summed E-state index contributed by atoms with van der Waals surface area (Å²) in [5.74, 6) is 0.0523. The van der Waals surface area contributed by atoms with Crippen molar-refractivity contribution in [2.45, 2.75) is 103 Å². The Hall–Kier alpha value is -1.13. The summed E-state index contributed by atoms with van der Waals surface area (Å²) in [5, 5.41) is 10.5. The molecule has 3 rings (SSSR count). The zero-order chi connectivity index (χ0) is 19.5. The molecule has 26 heavy (non-hydrogen) atoms. The second-order valence-electron chi connectivity index (χ2n) is 8.89. The fraction of sp³-hybridized carbons (Fsp3) is 0.773. The average Bonchev–Trinajstić information content (AvgIpc) is 2.52. The van der Waals surface area contributed by atoms with E-state index in [-0.39, 0.29) is 17.7 Å². The van der Waals surface area contributed by atoms with Gasteiger partial charge in [0.2, 0.25) is 0 Å². The second-order valence-corrected chi connectivity index (χ2v) is 8.89. The van der Waals surface area contributed by atoms with Crippen LogP contribution in [0.1, 0.15) is 79.6 Å². The van der Waals surface area contributed by atoms with E-state index in [0.717, 1.165) is 37.7 Å². The summed E-state index contributed by atoms with van der Waals surface area (Å²) in [4.78, 5) is 11.7. The molecule has 4 nitrogen and oxygen atoms in total. The number of hydrogen-bond donors (Lipinski definition) is 1. The molecule has 2 bridgehead atoms. The summed E-state index contributed by atoms with van der Waals surface area (Å²) in [6.07, 6.45) is 7.19. The van der Waals surface area contributed by atoms with Crippen LogP contribution in [0.3, 0.4) is 0 Å². The van der Waals surface area contributed by atoms with Crippen LogP contribution in [-0.2, 0) is 14.3 Å². The maximum absolute atomic E-state index is 11.7. The molecular formula is C22H36O4. The van der Waals surface area contributed by atoms with Gasteiger partial charge in [-0.05, 0) is 84.1 Å². The Kier molecular flexibility index (Phi) is 6.73. The van der Waals surface area contributed by atoms with Crippen molar-refractivity contribution in [3.8, 4) is 0 Å². The Morgan fingerprint density at radius 3 is 2.65 bits per heavy atom. The summed E-state index contributed by atoms with van der Waals surface area (Å²) in [6.45, 7) is 14.0. The van der Waals surface area contributed by atoms with Crippen LogP contribution < -0.4 is 0 Å². The number of ether oxygens (including phenoxy) is 2. The van der Waals surface area contributed by atoms with Gasteiger partial charge in [-0.1, -0.05) is 18.2 Å². The SMILES string of the molecule is C=C1CCC=C(C)CCC2CC(OC(C)=O)C(C)(CCC1O)OC2(C)C. The lowest BCUT2D eigenvalue weighted by Crippen LogP contribution is -2.58. The number of carbonyl (C=O) groups excluding carboxylic acids is 1. The maximum atomic E-state index is 11.7. The first kappa shape index (κ1) is 21.2. The number of rotatable bonds is 1. The molecule has 1 aliphatic carbocycles. The van der Waals surface area contributed by atoms with Gasteiger partial charge in [0.1, 0.15) is 11.7 Å². The van der Waals surface area contributed by atoms with Crippen molar-refractivity contribution >= 4 is 5.97 Å². The lowest BCUT2D eigenvalue weighted by molar-refractivity contribution is -0.252. The minimum Gasteiger partial charge on any atom is -0.459 e. The van der Waals surface area contributed by atoms with Gasteiger partial charge in [-0.15, -0.1) is 0 Å². The predicted octanol–water partition coefficient (Wildman–Crippen LogP) is 4.71. The quantitative estimate of drug-likeness (QED) is 0.541. The van der Waals surface area contributed by atoms with Crippen molar-refractivity contribution in [1.82, 2.24) is 0 Å². The fourth-order valence-corrected chi connectivity index (χ4v) is 4.39. The van der Waals surface area contributed by atoms with Crippen molar-refractivity contribution < 1.29 is 19.4 Å². The first-order valence-corrected chi connectivity index (χ1v) is 9.92. The molecule has 0 aromatic carbocycles. The maximum Gasteiger partial charge on any atom is 0.303 e. The van der Waals surface area contributed by atoms with Crippen molar-refractivity contribution in [2.75, 3.05) is 0 Å². The first-order chi connectivity index (χ1) is 12.0. The lowest BCUT2D eigenvalue weighted by Gasteiger charge is -2.52. The van der Waals surface area contributed by atoms with Gasteiger partial charge >= 0.3 is 5.97 Å². The van der Waals surface area contributed by atoms with E-state index in [1.165, 1.54) is 12.5 Å². The topological polar surface area (TPSA) is 55.8 Å². The largest absolute Gasteiger partial charge is 0.459 e. The van der Waals surface area contributed by atoms with Gasteiger partial charge in [0.25, 0.3) is 0 Å². The lowest BCUT2D eigenvalue weighted by atomic mass is 9.73. The minimum absolute atomic E-state index is 0.273. The van der Waals surface area contributed by atoms with Crippen LogP contribution in [0.2, 0.25) is 0 Å². The molecule has 4 unspecified atom stereocenters. The third kappa shape index (κ3) is 5.20. The van der Waals surface area contributed by atoms with E-state index in [1.54, 1.807) is 0 Å². The Morgan fingerprint density at radius 1 is 1.31 bits per heavy atom. The molecule has 4 heteroatoms. The minimum atomic E-state index is -0.595. The molecule has 0 radical (unpaired) electrons. The van der Waals surface area contributed by atoms with Gasteiger partial charge in [0, 0.05) is 6.92 Å². The van der Waals surface area contributed by atoms with Crippen LogP contribution in [0, 0.1) is 5.92 Å². The standard InChI is InChI=1S/C22H36O4/c1-15-8-7-9-16(2)19(24)12-13-22(6)20(25-17(3)23)14-18(11-10-15)21(4,5)26-22/h8,18-20,24H,2,7,9-14H2,1,3-6H3. The van der Waals surface area contributed by atoms with Crippen molar-refractivity contribution in [3.05, 3.63) is 23.8 Å². The summed E-state index contributed by atoms with van der Waals surface area (Å²) in [7, 11) is 0. The molecule has 4 atom stereocenters. The Bertz CT molecular complexity index is 562. The third-order valence-electron chi connectivity index (χ3n) is 6.20. The van der Waals surface area contributed by atoms with E-state index in [2.05, 4.69) is 33.4 Å². The van der Waals surface area contributed by atoms with E-state index in [9.17, 15) is 9.90 Å². The first-order valence-electron chi connectivity index (χ1n) is 9.92. The molecule has 0 saturated carbocycles. The van der Waals surface area contributed by atoms with Crippen molar-refractivity contribution in [2.24, 2.45) is 5.92 Å². The molecule has 0 aromatic rings. The summed E-state index contributed by atoms with van der Waals surface area (Å²) in [6, 6.07) is 0. The van der Waals surface area contributed by atoms with E-state index in [0.29, 0.717) is 18.8 Å². The van der Waals surface area contributed by atoms with Crippen LogP contribution in [0.15, 0.2) is 23.8 Å². The molecule has 1 saturated heterocycles. The van der Waals surface area contributed by atoms with Crippen LogP contribution in [0.5, 0.6) is 0 Å². The second kappa shape index (κ2) is 8.26. The highest BCUT2D eigenvalue weighted by molar-refractivity contribution is 5.66. The van der Waals surface area contributed by atoms with E-state index >= 15 is 0 Å². The zero-order valence-electron chi connectivity index (χ0n) is 17.1. The van der Waals surface area contributed by atoms with Gasteiger partial charge in [-0.25, -0.2) is 0 Å². The molecule has 0 spiro atoms. The number of hydrogen-bond acceptors (Lipinski definition) is 4. The van der Waals surface area contributed by atoms with Gasteiger partial charge in [0.15, 0.2) is 0 Å². The highest BCUT2D eigenvalue weighted by Gasteiger charge is 2.50. The normalized spacial score (nSPS) is 36.2. The number of esters is 1. The monoisotopic (exact) mass is 364 g/mol. The Labute approximate surface area is 158 Å². The molecule has 1 fully saturated rings. The van der Waals surface area contributed by atoms with Gasteiger partial charge in [-0.3, -0.25) is 4.79 Å². The van der Waals surface area contributed by atoms with E-state index < -0.39 is 11.7 Å². The average molecular weight is 365 g/mol. The molecule has 148 valence electrons. The molecule has 0 aromatic heterocycles. The van der Waals surface area contributed by atoms with Crippen LogP contribution in [-0.4, -0.2) is 34.5 Å².